The van der Waals surface area contributed by atoms with Gasteiger partial charge in [-0.3, -0.25) is 4.79 Å². The fraction of sp³-hybridized carbons (Fsp3) is 0.846. The summed E-state index contributed by atoms with van der Waals surface area (Å²) in [6.45, 7) is 1.59. The van der Waals surface area contributed by atoms with Crippen molar-refractivity contribution in [3.05, 3.63) is 0 Å². The lowest BCUT2D eigenvalue weighted by molar-refractivity contribution is -0.117. The van der Waals surface area contributed by atoms with E-state index < -0.39 is 0 Å². The molecule has 1 rings (SSSR count). The highest BCUT2D eigenvalue weighted by atomic mass is 16.1. The number of nitriles is 1. The van der Waals surface area contributed by atoms with Crippen LogP contribution in [0.1, 0.15) is 58.3 Å². The van der Waals surface area contributed by atoms with Crippen molar-refractivity contribution in [1.82, 2.24) is 0 Å². The quantitative estimate of drug-likeness (QED) is 0.711. The van der Waals surface area contributed by atoms with Crippen molar-refractivity contribution in [2.24, 2.45) is 11.8 Å². The van der Waals surface area contributed by atoms with Crippen LogP contribution in [-0.2, 0) is 4.79 Å². The Morgan fingerprint density at radius 3 is 2.27 bits per heavy atom. The Balaban J connectivity index is 2.49. The number of hydrogen-bond acceptors (Lipinski definition) is 2. The number of rotatable bonds is 3. The predicted octanol–water partition coefficient (Wildman–Crippen LogP) is 3.47. The molecule has 0 saturated heterocycles. The Bertz CT molecular complexity index is 233. The Morgan fingerprint density at radius 2 is 1.80 bits per heavy atom. The Kier molecular flexibility index (Phi) is 5.39. The third kappa shape index (κ3) is 4.46. The van der Waals surface area contributed by atoms with Crippen molar-refractivity contribution in [1.29, 1.82) is 5.26 Å². The van der Waals surface area contributed by atoms with Crippen LogP contribution in [0.25, 0.3) is 0 Å². The highest BCUT2D eigenvalue weighted by Crippen LogP contribution is 2.29. The highest BCUT2D eigenvalue weighted by Gasteiger charge is 2.22. The largest absolute Gasteiger partial charge is 0.300 e. The molecule has 0 aromatic carbocycles. The van der Waals surface area contributed by atoms with Crippen LogP contribution in [0.15, 0.2) is 0 Å². The van der Waals surface area contributed by atoms with E-state index in [1.54, 1.807) is 6.92 Å². The van der Waals surface area contributed by atoms with Crippen molar-refractivity contribution < 1.29 is 4.79 Å². The van der Waals surface area contributed by atoms with Gasteiger partial charge in [0, 0.05) is 6.42 Å². The average Bonchev–Trinajstić information content (AvgIpc) is 2.14. The van der Waals surface area contributed by atoms with Crippen molar-refractivity contribution >= 4 is 5.78 Å². The predicted molar refractivity (Wildman–Crippen MR) is 60.2 cm³/mol. The maximum absolute atomic E-state index is 11.1. The first-order valence-corrected chi connectivity index (χ1v) is 6.13. The fourth-order valence-electron chi connectivity index (χ4n) is 2.52. The standard InChI is InChI=1S/C13H21NO/c1-11(15)9-13(10-14)12-7-5-3-2-4-6-8-12/h12-13H,2-9H2,1H3. The number of carbonyl (C=O) groups is 1. The van der Waals surface area contributed by atoms with E-state index in [2.05, 4.69) is 6.07 Å². The Hall–Kier alpha value is -0.840. The lowest BCUT2D eigenvalue weighted by atomic mass is 9.80. The summed E-state index contributed by atoms with van der Waals surface area (Å²) in [5.41, 5.74) is 0. The van der Waals surface area contributed by atoms with Crippen molar-refractivity contribution in [3.8, 4) is 6.07 Å². The van der Waals surface area contributed by atoms with Gasteiger partial charge in [-0.15, -0.1) is 0 Å². The minimum absolute atomic E-state index is 0.0272. The average molecular weight is 207 g/mol. The van der Waals surface area contributed by atoms with E-state index in [9.17, 15) is 4.79 Å². The summed E-state index contributed by atoms with van der Waals surface area (Å²) in [7, 11) is 0. The van der Waals surface area contributed by atoms with Crippen LogP contribution in [0.5, 0.6) is 0 Å². The van der Waals surface area contributed by atoms with E-state index in [4.69, 9.17) is 5.26 Å². The third-order valence-corrected chi connectivity index (χ3v) is 3.39. The zero-order valence-corrected chi connectivity index (χ0v) is 9.67. The first kappa shape index (κ1) is 12.2. The Labute approximate surface area is 92.7 Å². The van der Waals surface area contributed by atoms with Crippen LogP contribution in [0.3, 0.4) is 0 Å². The second-order valence-corrected chi connectivity index (χ2v) is 4.75. The Morgan fingerprint density at radius 1 is 1.27 bits per heavy atom. The molecule has 0 aromatic rings. The van der Waals surface area contributed by atoms with Gasteiger partial charge in [-0.2, -0.15) is 5.26 Å². The molecule has 84 valence electrons. The van der Waals surface area contributed by atoms with Gasteiger partial charge in [-0.1, -0.05) is 32.1 Å². The zero-order valence-electron chi connectivity index (χ0n) is 9.67. The first-order chi connectivity index (χ1) is 7.24. The van der Waals surface area contributed by atoms with Gasteiger partial charge in [-0.05, 0) is 25.7 Å². The summed E-state index contributed by atoms with van der Waals surface area (Å²) in [4.78, 5) is 11.1. The summed E-state index contributed by atoms with van der Waals surface area (Å²) >= 11 is 0. The molecule has 1 saturated carbocycles. The van der Waals surface area contributed by atoms with Gasteiger partial charge < -0.3 is 0 Å². The topological polar surface area (TPSA) is 40.9 Å². The van der Waals surface area contributed by atoms with Crippen molar-refractivity contribution in [2.45, 2.75) is 58.3 Å². The molecule has 1 unspecified atom stereocenters. The zero-order chi connectivity index (χ0) is 11.1. The molecule has 1 fully saturated rings. The molecule has 0 bridgehead atoms. The van der Waals surface area contributed by atoms with Crippen LogP contribution < -0.4 is 0 Å². The minimum atomic E-state index is -0.0272. The van der Waals surface area contributed by atoms with E-state index in [0.29, 0.717) is 12.3 Å². The van der Waals surface area contributed by atoms with E-state index in [1.165, 1.54) is 32.1 Å². The molecule has 2 heteroatoms. The molecule has 0 radical (unpaired) electrons. The molecule has 0 aromatic heterocycles. The van der Waals surface area contributed by atoms with Gasteiger partial charge >= 0.3 is 0 Å². The molecular formula is C13H21NO. The van der Waals surface area contributed by atoms with Crippen LogP contribution in [-0.4, -0.2) is 5.78 Å². The van der Waals surface area contributed by atoms with Crippen LogP contribution in [0.2, 0.25) is 0 Å². The number of carbonyl (C=O) groups excluding carboxylic acids is 1. The second kappa shape index (κ2) is 6.61. The maximum atomic E-state index is 11.1. The first-order valence-electron chi connectivity index (χ1n) is 6.13. The molecular weight excluding hydrogens is 186 g/mol. The van der Waals surface area contributed by atoms with Crippen molar-refractivity contribution in [2.75, 3.05) is 0 Å². The van der Waals surface area contributed by atoms with E-state index in [0.717, 1.165) is 12.8 Å². The van der Waals surface area contributed by atoms with Crippen LogP contribution in [0.4, 0.5) is 0 Å². The van der Waals surface area contributed by atoms with Gasteiger partial charge in [0.05, 0.1) is 12.0 Å². The summed E-state index contributed by atoms with van der Waals surface area (Å²) in [6.07, 6.45) is 9.17. The fourth-order valence-corrected chi connectivity index (χ4v) is 2.52. The molecule has 2 nitrogen and oxygen atoms in total. The minimum Gasteiger partial charge on any atom is -0.300 e. The number of Topliss-reactive ketones (excluding diaryl/α,β-unsaturated/α-hetero) is 1. The summed E-state index contributed by atoms with van der Waals surface area (Å²) in [5, 5.41) is 9.09. The molecule has 0 aliphatic heterocycles. The lowest BCUT2D eigenvalue weighted by Crippen LogP contribution is -2.17. The van der Waals surface area contributed by atoms with Gasteiger partial charge in [0.2, 0.25) is 0 Å². The maximum Gasteiger partial charge on any atom is 0.131 e. The van der Waals surface area contributed by atoms with Gasteiger partial charge in [-0.25, -0.2) is 0 Å². The third-order valence-electron chi connectivity index (χ3n) is 3.39. The van der Waals surface area contributed by atoms with Crippen LogP contribution >= 0.6 is 0 Å². The molecule has 1 aliphatic carbocycles. The molecule has 1 atom stereocenters. The van der Waals surface area contributed by atoms with Crippen LogP contribution in [0, 0.1) is 23.2 Å². The number of nitrogens with zero attached hydrogens (tertiary/aromatic N) is 1. The smallest absolute Gasteiger partial charge is 0.131 e. The summed E-state index contributed by atoms with van der Waals surface area (Å²) < 4.78 is 0. The SMILES string of the molecule is CC(=O)CC(C#N)C1CCCCCCC1. The number of hydrogen-bond donors (Lipinski definition) is 0. The molecule has 0 N–H and O–H groups in total. The molecule has 0 amide bonds. The molecule has 0 heterocycles. The summed E-state index contributed by atoms with van der Waals surface area (Å²) in [6, 6.07) is 2.33. The summed E-state index contributed by atoms with van der Waals surface area (Å²) in [5.74, 6) is 0.600. The molecule has 0 spiro atoms. The van der Waals surface area contributed by atoms with E-state index in [1.807, 2.05) is 0 Å². The van der Waals surface area contributed by atoms with E-state index >= 15 is 0 Å². The molecule has 1 aliphatic rings. The van der Waals surface area contributed by atoms with Crippen molar-refractivity contribution in [3.63, 3.8) is 0 Å². The number of ketones is 1. The second-order valence-electron chi connectivity index (χ2n) is 4.75. The lowest BCUT2D eigenvalue weighted by Gasteiger charge is -2.23. The monoisotopic (exact) mass is 207 g/mol. The van der Waals surface area contributed by atoms with Gasteiger partial charge in [0.25, 0.3) is 0 Å². The molecule has 15 heavy (non-hydrogen) atoms. The van der Waals surface area contributed by atoms with Gasteiger partial charge in [0.15, 0.2) is 0 Å². The van der Waals surface area contributed by atoms with Gasteiger partial charge in [0.1, 0.15) is 5.78 Å². The highest BCUT2D eigenvalue weighted by molar-refractivity contribution is 5.76. The van der Waals surface area contributed by atoms with E-state index in [-0.39, 0.29) is 11.7 Å². The normalized spacial score (nSPS) is 21.1.